The predicted octanol–water partition coefficient (Wildman–Crippen LogP) is 3.15. The van der Waals surface area contributed by atoms with Crippen LogP contribution in [-0.4, -0.2) is 63.5 Å². The quantitative estimate of drug-likeness (QED) is 0.688. The smallest absolute Gasteiger partial charge is 0.261 e. The van der Waals surface area contributed by atoms with E-state index in [1.807, 2.05) is 6.26 Å². The van der Waals surface area contributed by atoms with Gasteiger partial charge in [-0.3, -0.25) is 14.3 Å². The lowest BCUT2D eigenvalue weighted by atomic mass is 10.2. The van der Waals surface area contributed by atoms with Crippen molar-refractivity contribution in [2.75, 3.05) is 38.2 Å². The highest BCUT2D eigenvalue weighted by Gasteiger charge is 2.24. The summed E-state index contributed by atoms with van der Waals surface area (Å²) in [5, 5.41) is 0. The molecule has 1 heterocycles. The highest BCUT2D eigenvalue weighted by atomic mass is 32.2. The zero-order valence-electron chi connectivity index (χ0n) is 17.2. The summed E-state index contributed by atoms with van der Waals surface area (Å²) in [4.78, 5) is 28.8. The number of sulfonamides is 1. The monoisotopic (exact) mass is 447 g/mol. The van der Waals surface area contributed by atoms with Crippen LogP contribution in [0.5, 0.6) is 0 Å². The normalized spacial score (nSPS) is 13.9. The van der Waals surface area contributed by atoms with Gasteiger partial charge in [-0.2, -0.15) is 0 Å². The van der Waals surface area contributed by atoms with Gasteiger partial charge in [0.05, 0.1) is 10.5 Å². The standard InChI is InChI=1S/C21H25N3O4S2/c1-23(2)20(25)15-6-8-16(9-7-15)22-30(27,28)17-10-11-19(29-3)18(14-17)21(26)24-12-4-5-13-24/h6-11,14,22H,4-5,12-13H2,1-3H3. The molecule has 0 bridgehead atoms. The Hall–Kier alpha value is -2.52. The molecule has 7 nitrogen and oxygen atoms in total. The van der Waals surface area contributed by atoms with Gasteiger partial charge < -0.3 is 9.80 Å². The van der Waals surface area contributed by atoms with Crippen molar-refractivity contribution in [3.63, 3.8) is 0 Å². The molecule has 0 aromatic heterocycles. The Morgan fingerprint density at radius 1 is 1.03 bits per heavy atom. The molecule has 0 spiro atoms. The maximum Gasteiger partial charge on any atom is 0.261 e. The van der Waals surface area contributed by atoms with Crippen molar-refractivity contribution in [3.05, 3.63) is 53.6 Å². The number of hydrogen-bond acceptors (Lipinski definition) is 5. The van der Waals surface area contributed by atoms with E-state index in [4.69, 9.17) is 0 Å². The number of carbonyl (C=O) groups excluding carboxylic acids is 2. The number of nitrogens with one attached hydrogen (secondary N) is 1. The van der Waals surface area contributed by atoms with Gasteiger partial charge in [0, 0.05) is 43.3 Å². The second-order valence-electron chi connectivity index (χ2n) is 7.24. The summed E-state index contributed by atoms with van der Waals surface area (Å²) >= 11 is 1.41. The van der Waals surface area contributed by atoms with Gasteiger partial charge in [0.1, 0.15) is 0 Å². The second kappa shape index (κ2) is 9.09. The van der Waals surface area contributed by atoms with Crippen LogP contribution in [0.3, 0.4) is 0 Å². The topological polar surface area (TPSA) is 86.8 Å². The SMILES string of the molecule is CSc1ccc(S(=O)(=O)Nc2ccc(C(=O)N(C)C)cc2)cc1C(=O)N1CCCC1. The fraction of sp³-hybridized carbons (Fsp3) is 0.333. The molecule has 3 rings (SSSR count). The molecule has 1 aliphatic rings. The molecule has 0 atom stereocenters. The zero-order valence-corrected chi connectivity index (χ0v) is 18.8. The van der Waals surface area contributed by atoms with Crippen LogP contribution >= 0.6 is 11.8 Å². The van der Waals surface area contributed by atoms with Gasteiger partial charge in [-0.15, -0.1) is 11.8 Å². The first kappa shape index (κ1) is 22.2. The number of hydrogen-bond donors (Lipinski definition) is 1. The van der Waals surface area contributed by atoms with E-state index < -0.39 is 10.0 Å². The minimum absolute atomic E-state index is 0.0243. The van der Waals surface area contributed by atoms with E-state index in [9.17, 15) is 18.0 Å². The Balaban J connectivity index is 1.86. The van der Waals surface area contributed by atoms with Gasteiger partial charge in [-0.05, 0) is 61.6 Å². The fourth-order valence-electron chi connectivity index (χ4n) is 3.27. The lowest BCUT2D eigenvalue weighted by molar-refractivity contribution is 0.0787. The third kappa shape index (κ3) is 4.79. The average Bonchev–Trinajstić information content (AvgIpc) is 3.27. The van der Waals surface area contributed by atoms with Gasteiger partial charge in [0.25, 0.3) is 21.8 Å². The molecule has 9 heteroatoms. The minimum Gasteiger partial charge on any atom is -0.345 e. The number of benzene rings is 2. The van der Waals surface area contributed by atoms with Gasteiger partial charge >= 0.3 is 0 Å². The Labute approximate surface area is 181 Å². The first-order valence-corrected chi connectivity index (χ1v) is 12.3. The Morgan fingerprint density at radius 3 is 2.23 bits per heavy atom. The summed E-state index contributed by atoms with van der Waals surface area (Å²) < 4.78 is 28.3. The van der Waals surface area contributed by atoms with Crippen LogP contribution < -0.4 is 4.72 Å². The van der Waals surface area contributed by atoms with E-state index in [2.05, 4.69) is 4.72 Å². The predicted molar refractivity (Wildman–Crippen MR) is 119 cm³/mol. The second-order valence-corrected chi connectivity index (χ2v) is 9.77. The summed E-state index contributed by atoms with van der Waals surface area (Å²) in [6.45, 7) is 1.39. The van der Waals surface area contributed by atoms with Crippen molar-refractivity contribution in [2.45, 2.75) is 22.6 Å². The van der Waals surface area contributed by atoms with E-state index in [0.29, 0.717) is 29.9 Å². The molecule has 2 aromatic rings. The van der Waals surface area contributed by atoms with Crippen molar-refractivity contribution in [1.82, 2.24) is 9.80 Å². The molecular weight excluding hydrogens is 422 g/mol. The average molecular weight is 448 g/mol. The number of anilines is 1. The summed E-state index contributed by atoms with van der Waals surface area (Å²) in [5.74, 6) is -0.303. The maximum atomic E-state index is 12.9. The van der Waals surface area contributed by atoms with Crippen molar-refractivity contribution in [1.29, 1.82) is 0 Å². The molecule has 1 fully saturated rings. The minimum atomic E-state index is -3.89. The highest BCUT2D eigenvalue weighted by molar-refractivity contribution is 7.98. The molecule has 0 radical (unpaired) electrons. The maximum absolute atomic E-state index is 12.9. The van der Waals surface area contributed by atoms with Crippen molar-refractivity contribution >= 4 is 39.3 Å². The largest absolute Gasteiger partial charge is 0.345 e. The Kier molecular flexibility index (Phi) is 6.72. The summed E-state index contributed by atoms with van der Waals surface area (Å²) in [5.41, 5.74) is 1.21. The third-order valence-electron chi connectivity index (χ3n) is 4.90. The molecule has 1 saturated heterocycles. The summed E-state index contributed by atoms with van der Waals surface area (Å²) in [6.07, 6.45) is 3.79. The molecule has 0 unspecified atom stereocenters. The molecule has 1 aliphatic heterocycles. The lowest BCUT2D eigenvalue weighted by Crippen LogP contribution is -2.28. The number of carbonyl (C=O) groups is 2. The number of amides is 2. The van der Waals surface area contributed by atoms with Crippen LogP contribution in [-0.2, 0) is 10.0 Å². The van der Waals surface area contributed by atoms with Crippen LogP contribution in [0.4, 0.5) is 5.69 Å². The molecule has 0 aliphatic carbocycles. The van der Waals surface area contributed by atoms with E-state index in [0.717, 1.165) is 17.7 Å². The van der Waals surface area contributed by atoms with Crippen molar-refractivity contribution in [3.8, 4) is 0 Å². The van der Waals surface area contributed by atoms with Crippen molar-refractivity contribution in [2.24, 2.45) is 0 Å². The van der Waals surface area contributed by atoms with Gasteiger partial charge in [-0.25, -0.2) is 8.42 Å². The van der Waals surface area contributed by atoms with Gasteiger partial charge in [0.2, 0.25) is 0 Å². The molecule has 30 heavy (non-hydrogen) atoms. The van der Waals surface area contributed by atoms with E-state index in [1.165, 1.54) is 28.8 Å². The zero-order chi connectivity index (χ0) is 21.9. The highest BCUT2D eigenvalue weighted by Crippen LogP contribution is 2.27. The Bertz CT molecular complexity index is 1040. The first-order chi connectivity index (χ1) is 14.2. The van der Waals surface area contributed by atoms with E-state index in [1.54, 1.807) is 49.3 Å². The van der Waals surface area contributed by atoms with Crippen LogP contribution in [0.2, 0.25) is 0 Å². The number of nitrogens with zero attached hydrogens (tertiary/aromatic N) is 2. The molecule has 2 aromatic carbocycles. The van der Waals surface area contributed by atoms with Gasteiger partial charge in [0.15, 0.2) is 0 Å². The Morgan fingerprint density at radius 2 is 1.67 bits per heavy atom. The number of likely N-dealkylation sites (tertiary alicyclic amines) is 1. The van der Waals surface area contributed by atoms with Gasteiger partial charge in [-0.1, -0.05) is 0 Å². The van der Waals surface area contributed by atoms with Crippen LogP contribution in [0.1, 0.15) is 33.6 Å². The molecule has 160 valence electrons. The van der Waals surface area contributed by atoms with E-state index in [-0.39, 0.29) is 16.7 Å². The van der Waals surface area contributed by atoms with Crippen LogP contribution in [0.15, 0.2) is 52.3 Å². The van der Waals surface area contributed by atoms with E-state index >= 15 is 0 Å². The summed E-state index contributed by atoms with van der Waals surface area (Å²) in [7, 11) is -0.591. The van der Waals surface area contributed by atoms with Crippen LogP contribution in [0, 0.1) is 0 Å². The number of thioether (sulfide) groups is 1. The molecule has 0 saturated carbocycles. The molecule has 1 N–H and O–H groups in total. The molecular formula is C21H25N3O4S2. The van der Waals surface area contributed by atoms with Crippen molar-refractivity contribution < 1.29 is 18.0 Å². The van der Waals surface area contributed by atoms with Crippen LogP contribution in [0.25, 0.3) is 0 Å². The lowest BCUT2D eigenvalue weighted by Gasteiger charge is -2.18. The third-order valence-corrected chi connectivity index (χ3v) is 7.07. The molecule has 2 amide bonds. The first-order valence-electron chi connectivity index (χ1n) is 9.55. The fourth-order valence-corrected chi connectivity index (χ4v) is 4.92. The number of rotatable bonds is 6. The summed E-state index contributed by atoms with van der Waals surface area (Å²) in [6, 6.07) is 10.8.